The second-order valence-corrected chi connectivity index (χ2v) is 8.53. The third-order valence-corrected chi connectivity index (χ3v) is 6.24. The fraction of sp³-hybridized carbons (Fsp3) is 0.385. The van der Waals surface area contributed by atoms with E-state index in [1.54, 1.807) is 36.4 Å². The van der Waals surface area contributed by atoms with E-state index >= 15 is 0 Å². The van der Waals surface area contributed by atoms with Crippen molar-refractivity contribution in [2.24, 2.45) is 0 Å². The molecule has 0 bridgehead atoms. The highest BCUT2D eigenvalue weighted by Crippen LogP contribution is 2.26. The van der Waals surface area contributed by atoms with E-state index in [1.807, 2.05) is 0 Å². The maximum absolute atomic E-state index is 13.0. The van der Waals surface area contributed by atoms with Gasteiger partial charge in [-0.2, -0.15) is 0 Å². The Morgan fingerprint density at radius 3 is 2.71 bits per heavy atom. The Hall–Kier alpha value is -3.88. The third kappa shape index (κ3) is 5.62. The number of ketones is 1. The molecule has 2 aromatic carbocycles. The molecule has 9 heteroatoms. The van der Waals surface area contributed by atoms with Crippen LogP contribution in [0.4, 0.5) is 0 Å². The predicted molar refractivity (Wildman–Crippen MR) is 128 cm³/mol. The maximum Gasteiger partial charge on any atom is 0.255 e. The van der Waals surface area contributed by atoms with Crippen molar-refractivity contribution in [3.63, 3.8) is 0 Å². The van der Waals surface area contributed by atoms with Crippen molar-refractivity contribution in [3.8, 4) is 11.5 Å². The van der Waals surface area contributed by atoms with Crippen LogP contribution >= 0.6 is 0 Å². The summed E-state index contributed by atoms with van der Waals surface area (Å²) in [4.78, 5) is 50.6. The van der Waals surface area contributed by atoms with E-state index < -0.39 is 6.04 Å². The van der Waals surface area contributed by atoms with Crippen LogP contribution in [0.3, 0.4) is 0 Å². The minimum absolute atomic E-state index is 0.0339. The van der Waals surface area contributed by atoms with Crippen molar-refractivity contribution in [1.29, 1.82) is 0 Å². The normalized spacial score (nSPS) is 18.8. The first kappa shape index (κ1) is 24.3. The van der Waals surface area contributed by atoms with Crippen molar-refractivity contribution in [2.45, 2.75) is 38.1 Å². The molecule has 184 valence electrons. The molecule has 0 saturated heterocycles. The van der Waals surface area contributed by atoms with Gasteiger partial charge in [-0.3, -0.25) is 19.2 Å². The van der Waals surface area contributed by atoms with Crippen molar-refractivity contribution in [1.82, 2.24) is 16.0 Å². The molecule has 3 amide bonds. The first-order valence-corrected chi connectivity index (χ1v) is 11.8. The number of nitrogens with one attached hydrogen (secondary N) is 3. The zero-order valence-corrected chi connectivity index (χ0v) is 19.6. The predicted octanol–water partition coefficient (Wildman–Crippen LogP) is 2.03. The smallest absolute Gasteiger partial charge is 0.255 e. The molecule has 35 heavy (non-hydrogen) atoms. The monoisotopic (exact) mass is 479 g/mol. The number of ether oxygens (including phenoxy) is 2. The highest BCUT2D eigenvalue weighted by Gasteiger charge is 2.27. The number of Topliss-reactive ketones (excluding diaryl/α,β-unsaturated/α-hetero) is 1. The molecule has 1 heterocycles. The van der Waals surface area contributed by atoms with Crippen LogP contribution in [0.1, 0.15) is 62.3 Å². The Bertz CT molecular complexity index is 1150. The van der Waals surface area contributed by atoms with Crippen LogP contribution in [-0.2, 0) is 11.2 Å². The average Bonchev–Trinajstić information content (AvgIpc) is 3.25. The van der Waals surface area contributed by atoms with Gasteiger partial charge in [-0.15, -0.1) is 0 Å². The maximum atomic E-state index is 13.0. The van der Waals surface area contributed by atoms with Gasteiger partial charge in [0.25, 0.3) is 11.8 Å². The summed E-state index contributed by atoms with van der Waals surface area (Å²) < 4.78 is 11.0. The van der Waals surface area contributed by atoms with Crippen molar-refractivity contribution in [2.75, 3.05) is 26.8 Å². The molecule has 1 aliphatic carbocycles. The summed E-state index contributed by atoms with van der Waals surface area (Å²) in [5.74, 6) is 0.0257. The number of benzene rings is 2. The Kier molecular flexibility index (Phi) is 7.64. The lowest BCUT2D eigenvalue weighted by Crippen LogP contribution is -2.47. The van der Waals surface area contributed by atoms with Gasteiger partial charge in [0, 0.05) is 30.2 Å². The van der Waals surface area contributed by atoms with Crippen LogP contribution in [0.5, 0.6) is 11.5 Å². The second kappa shape index (κ2) is 11.0. The standard InChI is InChI=1S/C26H29N3O6/c1-34-16-8-9-20-23(15-16)35-14-13-28-26(33)21(7-2-3-12-27-24(20)31)29-25(32)19-6-4-5-18-17(19)10-11-22(18)30/h4-6,8-9,15,21H,2-3,7,10-14H2,1H3,(H,27,31)(H,28,33)(H,29,32)/t21-/m0/s1. The van der Waals surface area contributed by atoms with E-state index in [0.29, 0.717) is 66.8 Å². The lowest BCUT2D eigenvalue weighted by atomic mass is 10.0. The average molecular weight is 480 g/mol. The number of fused-ring (bicyclic) bond motifs is 2. The van der Waals surface area contributed by atoms with Crippen LogP contribution in [0.25, 0.3) is 0 Å². The van der Waals surface area contributed by atoms with E-state index in [9.17, 15) is 19.2 Å². The zero-order chi connectivity index (χ0) is 24.8. The second-order valence-electron chi connectivity index (χ2n) is 8.53. The minimum atomic E-state index is -0.749. The molecule has 0 radical (unpaired) electrons. The number of carbonyl (C=O) groups excluding carboxylic acids is 4. The Labute approximate surface area is 203 Å². The Morgan fingerprint density at radius 2 is 1.89 bits per heavy atom. The quantitative estimate of drug-likeness (QED) is 0.619. The molecular formula is C26H29N3O6. The van der Waals surface area contributed by atoms with Crippen LogP contribution in [0, 0.1) is 0 Å². The SMILES string of the molecule is COc1ccc2c(c1)OCCNC(=O)[C@@H](NC(=O)c1cccc3c1CCC3=O)CCCCNC2=O. The van der Waals surface area contributed by atoms with Crippen LogP contribution in [0.15, 0.2) is 36.4 Å². The summed E-state index contributed by atoms with van der Waals surface area (Å²) in [6.45, 7) is 0.744. The van der Waals surface area contributed by atoms with Gasteiger partial charge in [-0.1, -0.05) is 12.1 Å². The summed E-state index contributed by atoms with van der Waals surface area (Å²) in [6, 6.07) is 9.33. The van der Waals surface area contributed by atoms with E-state index in [0.717, 1.165) is 5.56 Å². The first-order valence-electron chi connectivity index (χ1n) is 11.8. The molecule has 0 aromatic heterocycles. The van der Waals surface area contributed by atoms with Gasteiger partial charge in [-0.25, -0.2) is 0 Å². The van der Waals surface area contributed by atoms with Crippen molar-refractivity contribution >= 4 is 23.5 Å². The van der Waals surface area contributed by atoms with Gasteiger partial charge in [-0.05, 0) is 49.4 Å². The minimum Gasteiger partial charge on any atom is -0.497 e. The van der Waals surface area contributed by atoms with Gasteiger partial charge >= 0.3 is 0 Å². The fourth-order valence-corrected chi connectivity index (χ4v) is 4.37. The molecule has 0 unspecified atom stereocenters. The molecule has 0 spiro atoms. The van der Waals surface area contributed by atoms with Crippen molar-refractivity contribution in [3.05, 3.63) is 58.7 Å². The number of carbonyl (C=O) groups is 4. The molecular weight excluding hydrogens is 450 g/mol. The van der Waals surface area contributed by atoms with E-state index in [-0.39, 0.29) is 36.7 Å². The van der Waals surface area contributed by atoms with Crippen LogP contribution < -0.4 is 25.4 Å². The summed E-state index contributed by atoms with van der Waals surface area (Å²) >= 11 is 0. The molecule has 3 N–H and O–H groups in total. The number of rotatable bonds is 3. The lowest BCUT2D eigenvalue weighted by molar-refractivity contribution is -0.123. The van der Waals surface area contributed by atoms with Gasteiger partial charge < -0.3 is 25.4 Å². The molecule has 1 aliphatic heterocycles. The number of amides is 3. The highest BCUT2D eigenvalue weighted by molar-refractivity contribution is 6.06. The van der Waals surface area contributed by atoms with E-state index in [2.05, 4.69) is 16.0 Å². The summed E-state index contributed by atoms with van der Waals surface area (Å²) in [7, 11) is 1.53. The summed E-state index contributed by atoms with van der Waals surface area (Å²) in [5.41, 5.74) is 2.15. The molecule has 0 fully saturated rings. The molecule has 1 atom stereocenters. The molecule has 2 aromatic rings. The van der Waals surface area contributed by atoms with E-state index in [4.69, 9.17) is 9.47 Å². The zero-order valence-electron chi connectivity index (χ0n) is 19.6. The number of methoxy groups -OCH3 is 1. The van der Waals surface area contributed by atoms with E-state index in [1.165, 1.54) is 7.11 Å². The van der Waals surface area contributed by atoms with Gasteiger partial charge in [0.1, 0.15) is 24.1 Å². The summed E-state index contributed by atoms with van der Waals surface area (Å²) in [6.07, 6.45) is 2.58. The Balaban J connectivity index is 1.45. The largest absolute Gasteiger partial charge is 0.497 e. The topological polar surface area (TPSA) is 123 Å². The van der Waals surface area contributed by atoms with Crippen molar-refractivity contribution < 1.29 is 28.7 Å². The summed E-state index contributed by atoms with van der Waals surface area (Å²) in [5, 5.41) is 8.53. The molecule has 0 saturated carbocycles. The number of hydrogen-bond acceptors (Lipinski definition) is 6. The Morgan fingerprint density at radius 1 is 1.03 bits per heavy atom. The first-order chi connectivity index (χ1) is 17.0. The van der Waals surface area contributed by atoms with Crippen LogP contribution in [-0.4, -0.2) is 56.4 Å². The van der Waals surface area contributed by atoms with Gasteiger partial charge in [0.2, 0.25) is 5.91 Å². The molecule has 2 aliphatic rings. The van der Waals surface area contributed by atoms with Gasteiger partial charge in [0.05, 0.1) is 19.2 Å². The highest BCUT2D eigenvalue weighted by atomic mass is 16.5. The third-order valence-electron chi connectivity index (χ3n) is 6.24. The molecule has 9 nitrogen and oxygen atoms in total. The number of hydrogen-bond donors (Lipinski definition) is 3. The lowest BCUT2D eigenvalue weighted by Gasteiger charge is -2.20. The fourth-order valence-electron chi connectivity index (χ4n) is 4.37. The molecule has 4 rings (SSSR count). The van der Waals surface area contributed by atoms with Crippen LogP contribution in [0.2, 0.25) is 0 Å². The van der Waals surface area contributed by atoms with Gasteiger partial charge in [0.15, 0.2) is 5.78 Å².